The summed E-state index contributed by atoms with van der Waals surface area (Å²) in [4.78, 5) is 38.5. The van der Waals surface area contributed by atoms with E-state index in [2.05, 4.69) is 5.32 Å². The highest BCUT2D eigenvalue weighted by molar-refractivity contribution is 6.30. The molecule has 0 radical (unpaired) electrons. The highest BCUT2D eigenvalue weighted by Crippen LogP contribution is 2.14. The number of rotatable bonds is 7. The topological polar surface area (TPSA) is 86.2 Å². The molecule has 0 fully saturated rings. The van der Waals surface area contributed by atoms with Crippen LogP contribution in [0.15, 0.2) is 80.9 Å². The van der Waals surface area contributed by atoms with E-state index in [9.17, 15) is 14.4 Å². The first-order chi connectivity index (χ1) is 15.4. The summed E-state index contributed by atoms with van der Waals surface area (Å²) >= 11 is 5.95. The first kappa shape index (κ1) is 21.6. The highest BCUT2D eigenvalue weighted by atomic mass is 35.5. The van der Waals surface area contributed by atoms with Gasteiger partial charge in [0.05, 0.1) is 23.8 Å². The summed E-state index contributed by atoms with van der Waals surface area (Å²) in [5.74, 6) is 0.399. The number of benzene rings is 2. The van der Waals surface area contributed by atoms with E-state index in [1.807, 2.05) is 25.1 Å². The molecule has 1 N–H and O–H groups in total. The molecule has 4 aromatic rings. The third-order valence-electron chi connectivity index (χ3n) is 5.19. The van der Waals surface area contributed by atoms with Gasteiger partial charge < -0.3 is 9.73 Å². The monoisotopic (exact) mass is 451 g/mol. The Hall–Kier alpha value is -3.58. The Balaban J connectivity index is 1.63. The molecule has 0 bridgehead atoms. The van der Waals surface area contributed by atoms with Crippen molar-refractivity contribution in [3.8, 4) is 0 Å². The molecule has 0 saturated carbocycles. The van der Waals surface area contributed by atoms with Crippen LogP contribution in [0, 0.1) is 0 Å². The number of furan rings is 1. The summed E-state index contributed by atoms with van der Waals surface area (Å²) in [7, 11) is 0. The van der Waals surface area contributed by atoms with Crippen molar-refractivity contribution in [3.05, 3.63) is 104 Å². The zero-order chi connectivity index (χ0) is 22.7. The molecule has 32 heavy (non-hydrogen) atoms. The quantitative estimate of drug-likeness (QED) is 0.437. The normalized spacial score (nSPS) is 12.1. The van der Waals surface area contributed by atoms with E-state index in [0.717, 1.165) is 11.3 Å². The van der Waals surface area contributed by atoms with Crippen LogP contribution >= 0.6 is 11.6 Å². The van der Waals surface area contributed by atoms with Gasteiger partial charge >= 0.3 is 11.1 Å². The van der Waals surface area contributed by atoms with Crippen LogP contribution in [0.3, 0.4) is 0 Å². The second-order valence-corrected chi connectivity index (χ2v) is 8.09. The first-order valence-corrected chi connectivity index (χ1v) is 10.6. The maximum absolute atomic E-state index is 12.9. The van der Waals surface area contributed by atoms with Crippen LogP contribution in [0.5, 0.6) is 0 Å². The third-order valence-corrected chi connectivity index (χ3v) is 5.44. The van der Waals surface area contributed by atoms with Gasteiger partial charge in [0, 0.05) is 17.5 Å². The number of hydrogen-bond donors (Lipinski definition) is 1. The zero-order valence-corrected chi connectivity index (χ0v) is 18.2. The minimum absolute atomic E-state index is 0.194. The summed E-state index contributed by atoms with van der Waals surface area (Å²) < 4.78 is 7.96. The zero-order valence-electron chi connectivity index (χ0n) is 17.5. The molecule has 0 unspecified atom stereocenters. The molecule has 0 aliphatic carbocycles. The van der Waals surface area contributed by atoms with Crippen molar-refractivity contribution in [1.29, 1.82) is 0 Å². The molecular weight excluding hydrogens is 430 g/mol. The lowest BCUT2D eigenvalue weighted by Crippen LogP contribution is -2.45. The van der Waals surface area contributed by atoms with Gasteiger partial charge in [0.25, 0.3) is 0 Å². The molecule has 2 aromatic carbocycles. The summed E-state index contributed by atoms with van der Waals surface area (Å²) in [6, 6.07) is 17.6. The SMILES string of the molecule is C[C@H](Cc1ccco1)NC(=O)Cn1c(=O)c(=O)n(Cc2ccc(Cl)cc2)c2ccccc21. The number of halogens is 1. The number of amides is 1. The molecule has 7 nitrogen and oxygen atoms in total. The van der Waals surface area contributed by atoms with E-state index >= 15 is 0 Å². The van der Waals surface area contributed by atoms with Crippen molar-refractivity contribution < 1.29 is 9.21 Å². The molecule has 0 aliphatic heterocycles. The van der Waals surface area contributed by atoms with Gasteiger partial charge in [-0.25, -0.2) is 0 Å². The molecular formula is C24H22ClN3O4. The van der Waals surface area contributed by atoms with Gasteiger partial charge in [-0.05, 0) is 48.9 Å². The summed E-state index contributed by atoms with van der Waals surface area (Å²) in [6.45, 7) is 1.82. The van der Waals surface area contributed by atoms with Gasteiger partial charge in [0.15, 0.2) is 0 Å². The van der Waals surface area contributed by atoms with E-state index in [0.29, 0.717) is 22.5 Å². The van der Waals surface area contributed by atoms with Crippen molar-refractivity contribution in [3.63, 3.8) is 0 Å². The minimum atomic E-state index is -0.744. The molecule has 164 valence electrons. The molecule has 1 atom stereocenters. The van der Waals surface area contributed by atoms with Crippen molar-refractivity contribution in [2.24, 2.45) is 0 Å². The van der Waals surface area contributed by atoms with E-state index in [1.54, 1.807) is 48.7 Å². The van der Waals surface area contributed by atoms with Gasteiger partial charge in [0.2, 0.25) is 5.91 Å². The Bertz CT molecular complexity index is 1360. The van der Waals surface area contributed by atoms with E-state index < -0.39 is 11.1 Å². The molecule has 4 rings (SSSR count). The van der Waals surface area contributed by atoms with Gasteiger partial charge in [-0.2, -0.15) is 0 Å². The van der Waals surface area contributed by atoms with Crippen LogP contribution in [0.2, 0.25) is 5.02 Å². The molecule has 0 saturated heterocycles. The Morgan fingerprint density at radius 1 is 0.969 bits per heavy atom. The molecule has 1 amide bonds. The Morgan fingerprint density at radius 2 is 1.62 bits per heavy atom. The van der Waals surface area contributed by atoms with Gasteiger partial charge in [-0.15, -0.1) is 0 Å². The number of carbonyl (C=O) groups excluding carboxylic acids is 1. The van der Waals surface area contributed by atoms with Gasteiger partial charge in [0.1, 0.15) is 12.3 Å². The summed E-state index contributed by atoms with van der Waals surface area (Å²) in [5, 5.41) is 3.45. The molecule has 0 aliphatic rings. The standard InChI is InChI=1S/C24H22ClN3O4/c1-16(13-19-5-4-12-32-19)26-22(29)15-28-21-7-3-2-6-20(21)27(23(30)24(28)31)14-17-8-10-18(25)11-9-17/h2-12,16H,13-15H2,1H3,(H,26,29)/t16-/m1/s1. The minimum Gasteiger partial charge on any atom is -0.469 e. The van der Waals surface area contributed by atoms with E-state index in [4.69, 9.17) is 16.0 Å². The highest BCUT2D eigenvalue weighted by Gasteiger charge is 2.17. The number of aromatic nitrogens is 2. The van der Waals surface area contributed by atoms with Crippen molar-refractivity contribution >= 4 is 28.5 Å². The molecule has 8 heteroatoms. The smallest absolute Gasteiger partial charge is 0.317 e. The van der Waals surface area contributed by atoms with Gasteiger partial charge in [-0.3, -0.25) is 23.5 Å². The van der Waals surface area contributed by atoms with Crippen LogP contribution in [-0.2, 0) is 24.3 Å². The van der Waals surface area contributed by atoms with Gasteiger partial charge in [-0.1, -0.05) is 35.9 Å². The van der Waals surface area contributed by atoms with E-state index in [-0.39, 0.29) is 25.0 Å². The maximum Gasteiger partial charge on any atom is 0.317 e. The number of carbonyl (C=O) groups is 1. The lowest BCUT2D eigenvalue weighted by Gasteiger charge is -2.17. The summed E-state index contributed by atoms with van der Waals surface area (Å²) in [6.07, 6.45) is 2.10. The largest absolute Gasteiger partial charge is 0.469 e. The maximum atomic E-state index is 12.9. The molecule has 2 heterocycles. The number of hydrogen-bond acceptors (Lipinski definition) is 4. The number of nitrogens with one attached hydrogen (secondary N) is 1. The second kappa shape index (κ2) is 9.28. The van der Waals surface area contributed by atoms with Crippen LogP contribution < -0.4 is 16.4 Å². The van der Waals surface area contributed by atoms with Crippen LogP contribution in [0.25, 0.3) is 11.0 Å². The van der Waals surface area contributed by atoms with E-state index in [1.165, 1.54) is 9.13 Å². The van der Waals surface area contributed by atoms with Crippen molar-refractivity contribution in [2.45, 2.75) is 32.5 Å². The predicted octanol–water partition coefficient (Wildman–Crippen LogP) is 3.21. The van der Waals surface area contributed by atoms with Crippen LogP contribution in [0.4, 0.5) is 0 Å². The van der Waals surface area contributed by atoms with Crippen molar-refractivity contribution in [1.82, 2.24) is 14.5 Å². The van der Waals surface area contributed by atoms with Crippen LogP contribution in [-0.4, -0.2) is 21.1 Å². The Labute approximate surface area is 188 Å². The number of para-hydroxylation sites is 2. The van der Waals surface area contributed by atoms with Crippen LogP contribution in [0.1, 0.15) is 18.2 Å². The summed E-state index contributed by atoms with van der Waals surface area (Å²) in [5.41, 5.74) is 0.494. The fourth-order valence-electron chi connectivity index (χ4n) is 3.70. The fraction of sp³-hybridized carbons (Fsp3) is 0.208. The van der Waals surface area contributed by atoms with Crippen molar-refractivity contribution in [2.75, 3.05) is 0 Å². The molecule has 2 aromatic heterocycles. The molecule has 0 spiro atoms. The first-order valence-electron chi connectivity index (χ1n) is 10.2. The lowest BCUT2D eigenvalue weighted by molar-refractivity contribution is -0.122. The average molecular weight is 452 g/mol. The third kappa shape index (κ3) is 4.68. The lowest BCUT2D eigenvalue weighted by atomic mass is 10.2. The second-order valence-electron chi connectivity index (χ2n) is 7.65. The average Bonchev–Trinajstić information content (AvgIpc) is 3.28. The number of fused-ring (bicyclic) bond motifs is 1. The Kier molecular flexibility index (Phi) is 6.28. The number of nitrogens with zero attached hydrogens (tertiary/aromatic N) is 2. The fourth-order valence-corrected chi connectivity index (χ4v) is 3.83. The predicted molar refractivity (Wildman–Crippen MR) is 123 cm³/mol. The Morgan fingerprint density at radius 3 is 2.28 bits per heavy atom.